The number of fused-ring (bicyclic) bond motifs is 1. The van der Waals surface area contributed by atoms with Crippen LogP contribution in [0.4, 0.5) is 5.69 Å². The van der Waals surface area contributed by atoms with Crippen LogP contribution in [0.15, 0.2) is 30.9 Å². The molecule has 4 nitrogen and oxygen atoms in total. The van der Waals surface area contributed by atoms with Crippen molar-refractivity contribution in [2.45, 2.75) is 0 Å². The first-order valence-electron chi connectivity index (χ1n) is 5.43. The molecule has 3 N–H and O–H groups in total. The first-order valence-corrected chi connectivity index (χ1v) is 6.24. The Morgan fingerprint density at radius 2 is 2.39 bits per heavy atom. The van der Waals surface area contributed by atoms with Crippen molar-refractivity contribution in [2.75, 3.05) is 19.4 Å². The Kier molecular flexibility index (Phi) is 3.53. The first-order chi connectivity index (χ1) is 8.69. The molecular formula is C13H14N2O2S. The molecule has 0 saturated heterocycles. The molecule has 0 unspecified atom stereocenters. The number of rotatable bonds is 4. The van der Waals surface area contributed by atoms with Crippen LogP contribution in [0.2, 0.25) is 0 Å². The number of methoxy groups -OCH3 is 1. The molecule has 0 aliphatic heterocycles. The minimum atomic E-state index is -0.185. The van der Waals surface area contributed by atoms with Crippen molar-refractivity contribution in [3.05, 3.63) is 35.7 Å². The van der Waals surface area contributed by atoms with Gasteiger partial charge in [0.05, 0.1) is 18.2 Å². The van der Waals surface area contributed by atoms with E-state index in [0.29, 0.717) is 22.9 Å². The van der Waals surface area contributed by atoms with Gasteiger partial charge in [-0.2, -0.15) is 0 Å². The minimum absolute atomic E-state index is 0.185. The number of nitrogens with two attached hydrogens (primary N) is 1. The fourth-order valence-electron chi connectivity index (χ4n) is 1.72. The maximum Gasteiger partial charge on any atom is 0.263 e. The number of benzene rings is 1. The van der Waals surface area contributed by atoms with E-state index in [1.54, 1.807) is 13.2 Å². The molecule has 18 heavy (non-hydrogen) atoms. The molecule has 1 aromatic heterocycles. The van der Waals surface area contributed by atoms with Crippen LogP contribution in [-0.2, 0) is 0 Å². The first kappa shape index (κ1) is 12.4. The second-order valence-corrected chi connectivity index (χ2v) is 4.73. The van der Waals surface area contributed by atoms with Gasteiger partial charge in [-0.1, -0.05) is 12.1 Å². The van der Waals surface area contributed by atoms with E-state index in [0.717, 1.165) is 10.1 Å². The van der Waals surface area contributed by atoms with Gasteiger partial charge in [0.1, 0.15) is 10.6 Å². The Morgan fingerprint density at radius 1 is 1.61 bits per heavy atom. The van der Waals surface area contributed by atoms with Crippen LogP contribution in [0.5, 0.6) is 5.75 Å². The number of carbonyl (C=O) groups excluding carboxylic acids is 1. The lowest BCUT2D eigenvalue weighted by Crippen LogP contribution is -2.22. The van der Waals surface area contributed by atoms with Gasteiger partial charge in [-0.25, -0.2) is 0 Å². The smallest absolute Gasteiger partial charge is 0.263 e. The lowest BCUT2D eigenvalue weighted by molar-refractivity contribution is 0.0963. The van der Waals surface area contributed by atoms with E-state index in [2.05, 4.69) is 11.9 Å². The van der Waals surface area contributed by atoms with E-state index >= 15 is 0 Å². The average Bonchev–Trinajstić information content (AvgIpc) is 2.73. The van der Waals surface area contributed by atoms with Gasteiger partial charge < -0.3 is 15.8 Å². The summed E-state index contributed by atoms with van der Waals surface area (Å²) in [6.45, 7) is 3.98. The normalized spacial score (nSPS) is 10.3. The van der Waals surface area contributed by atoms with E-state index in [4.69, 9.17) is 10.5 Å². The molecule has 5 heteroatoms. The quantitative estimate of drug-likeness (QED) is 0.832. The Bertz CT molecular complexity index is 604. The molecular weight excluding hydrogens is 248 g/mol. The summed E-state index contributed by atoms with van der Waals surface area (Å²) in [5, 5.41) is 3.52. The van der Waals surface area contributed by atoms with E-state index < -0.39 is 0 Å². The van der Waals surface area contributed by atoms with Crippen LogP contribution in [0.1, 0.15) is 9.67 Å². The van der Waals surface area contributed by atoms with Crippen LogP contribution >= 0.6 is 11.3 Å². The van der Waals surface area contributed by atoms with Crippen molar-refractivity contribution in [3.63, 3.8) is 0 Å². The molecule has 1 aromatic carbocycles. The molecule has 94 valence electrons. The largest absolute Gasteiger partial charge is 0.496 e. The van der Waals surface area contributed by atoms with Crippen LogP contribution in [0, 0.1) is 0 Å². The second kappa shape index (κ2) is 5.10. The van der Waals surface area contributed by atoms with Crippen LogP contribution in [-0.4, -0.2) is 19.6 Å². The summed E-state index contributed by atoms with van der Waals surface area (Å²) in [4.78, 5) is 12.4. The zero-order chi connectivity index (χ0) is 13.1. The summed E-state index contributed by atoms with van der Waals surface area (Å²) < 4.78 is 6.20. The highest BCUT2D eigenvalue weighted by Crippen LogP contribution is 2.39. The van der Waals surface area contributed by atoms with Crippen LogP contribution in [0.3, 0.4) is 0 Å². The zero-order valence-electron chi connectivity index (χ0n) is 10.0. The number of thiophene rings is 1. The predicted molar refractivity (Wildman–Crippen MR) is 75.3 cm³/mol. The van der Waals surface area contributed by atoms with Crippen molar-refractivity contribution in [2.24, 2.45) is 0 Å². The number of nitrogens with one attached hydrogen (secondary N) is 1. The summed E-state index contributed by atoms with van der Waals surface area (Å²) in [6, 6.07) is 5.63. The second-order valence-electron chi connectivity index (χ2n) is 3.68. The van der Waals surface area contributed by atoms with Gasteiger partial charge in [-0.15, -0.1) is 17.9 Å². The molecule has 0 atom stereocenters. The average molecular weight is 262 g/mol. The summed E-state index contributed by atoms with van der Waals surface area (Å²) >= 11 is 1.36. The van der Waals surface area contributed by atoms with E-state index in [1.165, 1.54) is 11.3 Å². The Balaban J connectivity index is 2.50. The highest BCUT2D eigenvalue weighted by atomic mass is 32.1. The number of carbonyl (C=O) groups is 1. The van der Waals surface area contributed by atoms with Crippen LogP contribution in [0.25, 0.3) is 10.1 Å². The third-order valence-electron chi connectivity index (χ3n) is 2.55. The van der Waals surface area contributed by atoms with Gasteiger partial charge in [0.2, 0.25) is 0 Å². The molecule has 1 heterocycles. The standard InChI is InChI=1S/C13H14N2O2S/c1-3-7-15-13(16)12-11(14)10-8(17-2)5-4-6-9(10)18-12/h3-6H,1,7,14H2,2H3,(H,15,16). The maximum atomic E-state index is 11.9. The number of nitrogen functional groups attached to an aromatic ring is 1. The number of hydrogen-bond acceptors (Lipinski definition) is 4. The van der Waals surface area contributed by atoms with Crippen LogP contribution < -0.4 is 15.8 Å². The molecule has 0 fully saturated rings. The molecule has 1 amide bonds. The molecule has 0 aliphatic rings. The maximum absolute atomic E-state index is 11.9. The zero-order valence-corrected chi connectivity index (χ0v) is 10.8. The Labute approximate surface area is 109 Å². The fourth-order valence-corrected chi connectivity index (χ4v) is 2.78. The highest BCUT2D eigenvalue weighted by Gasteiger charge is 2.18. The van der Waals surface area contributed by atoms with Crippen molar-refractivity contribution in [1.82, 2.24) is 5.32 Å². The summed E-state index contributed by atoms with van der Waals surface area (Å²) in [6.07, 6.45) is 1.63. The van der Waals surface area contributed by atoms with Gasteiger partial charge in [-0.05, 0) is 12.1 Å². The summed E-state index contributed by atoms with van der Waals surface area (Å²) in [7, 11) is 1.59. The lowest BCUT2D eigenvalue weighted by atomic mass is 10.2. The number of amides is 1. The van der Waals surface area contributed by atoms with Gasteiger partial charge in [0, 0.05) is 11.2 Å². The summed E-state index contributed by atoms with van der Waals surface area (Å²) in [5.41, 5.74) is 6.50. The van der Waals surface area contributed by atoms with Gasteiger partial charge in [0.15, 0.2) is 0 Å². The number of ether oxygens (including phenoxy) is 1. The van der Waals surface area contributed by atoms with E-state index in [9.17, 15) is 4.79 Å². The molecule has 2 rings (SSSR count). The molecule has 2 aromatic rings. The molecule has 0 radical (unpaired) electrons. The molecule has 0 bridgehead atoms. The highest BCUT2D eigenvalue weighted by molar-refractivity contribution is 7.21. The Morgan fingerprint density at radius 3 is 3.06 bits per heavy atom. The third-order valence-corrected chi connectivity index (χ3v) is 3.72. The van der Waals surface area contributed by atoms with Gasteiger partial charge in [0.25, 0.3) is 5.91 Å². The monoisotopic (exact) mass is 262 g/mol. The van der Waals surface area contributed by atoms with Crippen molar-refractivity contribution in [3.8, 4) is 5.75 Å². The van der Waals surface area contributed by atoms with Crippen molar-refractivity contribution >= 4 is 33.0 Å². The topological polar surface area (TPSA) is 64.3 Å². The molecule has 0 spiro atoms. The summed E-state index contributed by atoms with van der Waals surface area (Å²) in [5.74, 6) is 0.500. The van der Waals surface area contributed by atoms with E-state index in [-0.39, 0.29) is 5.91 Å². The number of anilines is 1. The predicted octanol–water partition coefficient (Wildman–Crippen LogP) is 2.41. The van der Waals surface area contributed by atoms with Gasteiger partial charge >= 0.3 is 0 Å². The SMILES string of the molecule is C=CCNC(=O)c1sc2cccc(OC)c2c1N. The van der Waals surface area contributed by atoms with Crippen molar-refractivity contribution < 1.29 is 9.53 Å². The van der Waals surface area contributed by atoms with E-state index in [1.807, 2.05) is 18.2 Å². The van der Waals surface area contributed by atoms with Gasteiger partial charge in [-0.3, -0.25) is 4.79 Å². The third kappa shape index (κ3) is 2.04. The Hall–Kier alpha value is -2.01. The molecule has 0 aliphatic carbocycles. The molecule has 0 saturated carbocycles. The fraction of sp³-hybridized carbons (Fsp3) is 0.154. The minimum Gasteiger partial charge on any atom is -0.496 e. The lowest BCUT2D eigenvalue weighted by Gasteiger charge is -2.03. The van der Waals surface area contributed by atoms with Crippen molar-refractivity contribution in [1.29, 1.82) is 0 Å². The number of hydrogen-bond donors (Lipinski definition) is 2.